The summed E-state index contributed by atoms with van der Waals surface area (Å²) in [4.78, 5) is 18.6. The van der Waals surface area contributed by atoms with Gasteiger partial charge < -0.3 is 18.9 Å². The van der Waals surface area contributed by atoms with E-state index in [9.17, 15) is 4.79 Å². The van der Waals surface area contributed by atoms with E-state index in [1.165, 1.54) is 19.3 Å². The highest BCUT2D eigenvalue weighted by Gasteiger charge is 2.21. The van der Waals surface area contributed by atoms with E-state index in [1.807, 2.05) is 26.0 Å². The molecule has 3 rings (SSSR count). The average molecular weight is 430 g/mol. The summed E-state index contributed by atoms with van der Waals surface area (Å²) in [7, 11) is 1.75. The maximum atomic E-state index is 12.3. The van der Waals surface area contributed by atoms with Crippen LogP contribution in [0.2, 0.25) is 0 Å². The molecular formula is C24H35N3O4. The number of nitrogens with zero attached hydrogens (tertiary/aromatic N) is 3. The molecule has 0 atom stereocenters. The molecular weight excluding hydrogens is 394 g/mol. The largest absolute Gasteiger partial charge is 0.489 e. The van der Waals surface area contributed by atoms with E-state index in [1.54, 1.807) is 11.9 Å². The molecule has 1 aliphatic rings. The molecule has 1 aliphatic carbocycles. The summed E-state index contributed by atoms with van der Waals surface area (Å²) in [5.41, 5.74) is 2.90. The fraction of sp³-hybridized carbons (Fsp3) is 0.625. The molecule has 0 bridgehead atoms. The van der Waals surface area contributed by atoms with Crippen LogP contribution < -0.4 is 4.74 Å². The minimum atomic E-state index is -0.354. The van der Waals surface area contributed by atoms with Crippen molar-refractivity contribution in [2.45, 2.75) is 78.9 Å². The Labute approximate surface area is 185 Å². The highest BCUT2D eigenvalue weighted by atomic mass is 16.6. The van der Waals surface area contributed by atoms with Gasteiger partial charge in [-0.3, -0.25) is 0 Å². The van der Waals surface area contributed by atoms with Crippen molar-refractivity contribution in [1.82, 2.24) is 15.0 Å². The molecule has 0 aliphatic heterocycles. The van der Waals surface area contributed by atoms with Crippen LogP contribution >= 0.6 is 0 Å². The SMILES string of the molecule is Cc1nc(-c2onc(C)c2COC(=O)N(C)CCC(C)C)ccc1OC1CCCCC1. The molecule has 2 aromatic rings. The molecule has 2 aromatic heterocycles. The van der Waals surface area contributed by atoms with E-state index in [-0.39, 0.29) is 18.8 Å². The first-order valence-corrected chi connectivity index (χ1v) is 11.3. The first kappa shape index (κ1) is 23.1. The van der Waals surface area contributed by atoms with Crippen molar-refractivity contribution in [3.8, 4) is 17.2 Å². The van der Waals surface area contributed by atoms with Crippen LogP contribution in [0, 0.1) is 19.8 Å². The molecule has 0 radical (unpaired) electrons. The third kappa shape index (κ3) is 6.21. The topological polar surface area (TPSA) is 77.7 Å². The Kier molecular flexibility index (Phi) is 7.93. The van der Waals surface area contributed by atoms with Crippen molar-refractivity contribution in [2.75, 3.05) is 13.6 Å². The third-order valence-electron chi connectivity index (χ3n) is 5.79. The molecule has 31 heavy (non-hydrogen) atoms. The Morgan fingerprint density at radius 1 is 1.19 bits per heavy atom. The van der Waals surface area contributed by atoms with Crippen LogP contribution in [-0.2, 0) is 11.3 Å². The molecule has 0 unspecified atom stereocenters. The van der Waals surface area contributed by atoms with Crippen LogP contribution in [0.3, 0.4) is 0 Å². The van der Waals surface area contributed by atoms with Gasteiger partial charge in [0.25, 0.3) is 0 Å². The summed E-state index contributed by atoms with van der Waals surface area (Å²) >= 11 is 0. The minimum absolute atomic E-state index is 0.0938. The zero-order valence-electron chi connectivity index (χ0n) is 19.4. The van der Waals surface area contributed by atoms with Crippen LogP contribution in [0.25, 0.3) is 11.5 Å². The predicted molar refractivity (Wildman–Crippen MR) is 119 cm³/mol. The Morgan fingerprint density at radius 3 is 2.61 bits per heavy atom. The Hall–Kier alpha value is -2.57. The molecule has 170 valence electrons. The van der Waals surface area contributed by atoms with Crippen LogP contribution in [0.15, 0.2) is 16.7 Å². The van der Waals surface area contributed by atoms with Gasteiger partial charge in [0.05, 0.1) is 23.1 Å². The number of carbonyl (C=O) groups excluding carboxylic acids is 1. The summed E-state index contributed by atoms with van der Waals surface area (Å²) in [6.45, 7) is 8.80. The number of aryl methyl sites for hydroxylation is 2. The van der Waals surface area contributed by atoms with Crippen molar-refractivity contribution >= 4 is 6.09 Å². The lowest BCUT2D eigenvalue weighted by Gasteiger charge is -2.23. The van der Waals surface area contributed by atoms with Crippen molar-refractivity contribution in [3.63, 3.8) is 0 Å². The average Bonchev–Trinajstić information content (AvgIpc) is 3.12. The zero-order chi connectivity index (χ0) is 22.4. The van der Waals surface area contributed by atoms with Gasteiger partial charge in [-0.15, -0.1) is 0 Å². The number of rotatable bonds is 8. The molecule has 1 amide bonds. The molecule has 0 saturated heterocycles. The van der Waals surface area contributed by atoms with Crippen LogP contribution in [0.4, 0.5) is 4.79 Å². The molecule has 1 fully saturated rings. The summed E-state index contributed by atoms with van der Waals surface area (Å²) in [5, 5.41) is 4.07. The second kappa shape index (κ2) is 10.6. The summed E-state index contributed by atoms with van der Waals surface area (Å²) < 4.78 is 17.2. The lowest BCUT2D eigenvalue weighted by Crippen LogP contribution is -2.29. The Morgan fingerprint density at radius 2 is 1.94 bits per heavy atom. The van der Waals surface area contributed by atoms with Crippen molar-refractivity contribution in [1.29, 1.82) is 0 Å². The number of hydrogen-bond donors (Lipinski definition) is 0. The third-order valence-corrected chi connectivity index (χ3v) is 5.79. The Bertz CT molecular complexity index is 872. The van der Waals surface area contributed by atoms with E-state index in [0.29, 0.717) is 29.6 Å². The van der Waals surface area contributed by atoms with E-state index >= 15 is 0 Å². The molecule has 7 nitrogen and oxygen atoms in total. The number of amides is 1. The normalized spacial score (nSPS) is 14.6. The maximum Gasteiger partial charge on any atom is 0.409 e. The quantitative estimate of drug-likeness (QED) is 0.537. The molecule has 2 heterocycles. The van der Waals surface area contributed by atoms with E-state index in [2.05, 4.69) is 24.0 Å². The van der Waals surface area contributed by atoms with Gasteiger partial charge in [-0.25, -0.2) is 9.78 Å². The molecule has 0 aromatic carbocycles. The molecule has 7 heteroatoms. The van der Waals surface area contributed by atoms with Crippen LogP contribution in [-0.4, -0.2) is 40.8 Å². The van der Waals surface area contributed by atoms with Gasteiger partial charge in [-0.2, -0.15) is 0 Å². The van der Waals surface area contributed by atoms with Gasteiger partial charge in [-0.1, -0.05) is 25.4 Å². The maximum absolute atomic E-state index is 12.3. The fourth-order valence-electron chi connectivity index (χ4n) is 3.71. The lowest BCUT2D eigenvalue weighted by molar-refractivity contribution is 0.103. The van der Waals surface area contributed by atoms with Gasteiger partial charge in [-0.05, 0) is 64.0 Å². The summed E-state index contributed by atoms with van der Waals surface area (Å²) in [6, 6.07) is 3.82. The molecule has 0 spiro atoms. The monoisotopic (exact) mass is 429 g/mol. The first-order chi connectivity index (χ1) is 14.8. The molecule has 1 saturated carbocycles. The van der Waals surface area contributed by atoms with Gasteiger partial charge >= 0.3 is 6.09 Å². The van der Waals surface area contributed by atoms with Crippen LogP contribution in [0.5, 0.6) is 5.75 Å². The second-order valence-electron chi connectivity index (χ2n) is 8.89. The van der Waals surface area contributed by atoms with Crippen molar-refractivity contribution in [3.05, 3.63) is 29.1 Å². The van der Waals surface area contributed by atoms with E-state index in [4.69, 9.17) is 14.0 Å². The van der Waals surface area contributed by atoms with E-state index in [0.717, 1.165) is 36.3 Å². The van der Waals surface area contributed by atoms with Gasteiger partial charge in [0.2, 0.25) is 0 Å². The number of pyridine rings is 1. The standard InChI is InChI=1S/C24H35N3O4/c1-16(2)13-14-27(5)24(28)29-15-20-17(3)26-31-23(20)21-11-12-22(18(4)25-21)30-19-9-7-6-8-10-19/h11-12,16,19H,6-10,13-15H2,1-5H3. The smallest absolute Gasteiger partial charge is 0.409 e. The van der Waals surface area contributed by atoms with Gasteiger partial charge in [0, 0.05) is 13.6 Å². The summed E-state index contributed by atoms with van der Waals surface area (Å²) in [5.74, 6) is 1.87. The van der Waals surface area contributed by atoms with Crippen molar-refractivity contribution in [2.24, 2.45) is 5.92 Å². The van der Waals surface area contributed by atoms with E-state index < -0.39 is 0 Å². The number of aromatic nitrogens is 2. The van der Waals surface area contributed by atoms with Gasteiger partial charge in [0.1, 0.15) is 18.1 Å². The number of hydrogen-bond acceptors (Lipinski definition) is 6. The van der Waals surface area contributed by atoms with Gasteiger partial charge in [0.15, 0.2) is 5.76 Å². The lowest BCUT2D eigenvalue weighted by atomic mass is 9.98. The fourth-order valence-corrected chi connectivity index (χ4v) is 3.71. The highest BCUT2D eigenvalue weighted by Crippen LogP contribution is 2.30. The van der Waals surface area contributed by atoms with Crippen molar-refractivity contribution < 1.29 is 18.8 Å². The summed E-state index contributed by atoms with van der Waals surface area (Å²) in [6.07, 6.45) is 6.79. The number of ether oxygens (including phenoxy) is 2. The first-order valence-electron chi connectivity index (χ1n) is 11.3. The zero-order valence-corrected chi connectivity index (χ0v) is 19.4. The predicted octanol–water partition coefficient (Wildman–Crippen LogP) is 5.68. The molecule has 0 N–H and O–H groups in total. The number of carbonyl (C=O) groups is 1. The Balaban J connectivity index is 1.67. The second-order valence-corrected chi connectivity index (χ2v) is 8.89. The minimum Gasteiger partial charge on any atom is -0.489 e. The van der Waals surface area contributed by atoms with Crippen LogP contribution in [0.1, 0.15) is 69.3 Å². The highest BCUT2D eigenvalue weighted by molar-refractivity contribution is 5.67.